The van der Waals surface area contributed by atoms with E-state index in [1.54, 1.807) is 25.1 Å². The van der Waals surface area contributed by atoms with E-state index in [4.69, 9.17) is 4.74 Å². The molecule has 0 unspecified atom stereocenters. The third-order valence-corrected chi connectivity index (χ3v) is 2.49. The molecule has 7 heteroatoms. The van der Waals surface area contributed by atoms with Crippen molar-refractivity contribution in [2.45, 2.75) is 6.92 Å². The van der Waals surface area contributed by atoms with Crippen LogP contribution in [0.2, 0.25) is 0 Å². The van der Waals surface area contributed by atoms with Crippen molar-refractivity contribution in [2.75, 3.05) is 12.5 Å². The number of benzene rings is 1. The van der Waals surface area contributed by atoms with Crippen LogP contribution < -0.4 is 15.7 Å². The van der Waals surface area contributed by atoms with Crippen LogP contribution in [0.3, 0.4) is 0 Å². The van der Waals surface area contributed by atoms with Crippen molar-refractivity contribution in [3.8, 4) is 11.5 Å². The molecule has 2 rings (SSSR count). The van der Waals surface area contributed by atoms with Gasteiger partial charge in [-0.15, -0.1) is 0 Å². The maximum atomic E-state index is 11.2. The minimum atomic E-state index is -0.264. The Morgan fingerprint density at radius 3 is 3.00 bits per heavy atom. The fourth-order valence-electron chi connectivity index (χ4n) is 1.60. The van der Waals surface area contributed by atoms with Crippen molar-refractivity contribution in [3.63, 3.8) is 0 Å². The highest BCUT2D eigenvalue weighted by molar-refractivity contribution is 5.85. The molecule has 0 saturated heterocycles. The number of H-pyrrole nitrogens is 1. The number of nitrogens with one attached hydrogen (secondary N) is 2. The van der Waals surface area contributed by atoms with Gasteiger partial charge in [0.2, 0.25) is 5.95 Å². The summed E-state index contributed by atoms with van der Waals surface area (Å²) in [6.45, 7) is 1.71. The zero-order valence-electron chi connectivity index (χ0n) is 11.0. The number of anilines is 1. The van der Waals surface area contributed by atoms with Gasteiger partial charge in [0.15, 0.2) is 11.5 Å². The second kappa shape index (κ2) is 5.87. The molecular formula is C13H14N4O3. The van der Waals surface area contributed by atoms with Gasteiger partial charge in [0.05, 0.1) is 13.3 Å². The fraction of sp³-hybridized carbons (Fsp3) is 0.154. The Labute approximate surface area is 115 Å². The van der Waals surface area contributed by atoms with Crippen LogP contribution in [0, 0.1) is 6.92 Å². The first-order chi connectivity index (χ1) is 9.60. The van der Waals surface area contributed by atoms with Gasteiger partial charge in [-0.1, -0.05) is 6.07 Å². The molecule has 0 saturated carbocycles. The zero-order chi connectivity index (χ0) is 14.5. The van der Waals surface area contributed by atoms with Gasteiger partial charge in [0, 0.05) is 17.3 Å². The van der Waals surface area contributed by atoms with Crippen molar-refractivity contribution in [2.24, 2.45) is 5.10 Å². The highest BCUT2D eigenvalue weighted by Crippen LogP contribution is 2.27. The molecule has 0 radical (unpaired) electrons. The normalized spacial score (nSPS) is 10.7. The molecule has 0 aliphatic rings. The van der Waals surface area contributed by atoms with E-state index >= 15 is 0 Å². The lowest BCUT2D eigenvalue weighted by Gasteiger charge is -2.05. The lowest BCUT2D eigenvalue weighted by molar-refractivity contribution is 0.373. The molecule has 1 aromatic carbocycles. The Bertz CT molecular complexity index is 694. The minimum absolute atomic E-state index is 0.00811. The third kappa shape index (κ3) is 3.14. The van der Waals surface area contributed by atoms with Crippen molar-refractivity contribution in [3.05, 3.63) is 45.9 Å². The van der Waals surface area contributed by atoms with Crippen LogP contribution in [-0.2, 0) is 0 Å². The average molecular weight is 274 g/mol. The van der Waals surface area contributed by atoms with Crippen LogP contribution in [0.1, 0.15) is 11.3 Å². The first-order valence-corrected chi connectivity index (χ1v) is 5.83. The largest absolute Gasteiger partial charge is 0.504 e. The zero-order valence-corrected chi connectivity index (χ0v) is 11.0. The first kappa shape index (κ1) is 13.6. The average Bonchev–Trinajstić information content (AvgIpc) is 2.39. The van der Waals surface area contributed by atoms with Gasteiger partial charge in [0.1, 0.15) is 0 Å². The second-order valence-electron chi connectivity index (χ2n) is 4.00. The summed E-state index contributed by atoms with van der Waals surface area (Å²) in [6.07, 6.45) is 1.40. The molecule has 3 N–H and O–H groups in total. The van der Waals surface area contributed by atoms with E-state index in [1.165, 1.54) is 19.4 Å². The molecule has 1 heterocycles. The van der Waals surface area contributed by atoms with Gasteiger partial charge in [-0.3, -0.25) is 9.78 Å². The van der Waals surface area contributed by atoms with Gasteiger partial charge in [-0.05, 0) is 19.1 Å². The number of phenolic OH excluding ortho intramolecular Hbond substituents is 1. The van der Waals surface area contributed by atoms with E-state index < -0.39 is 0 Å². The summed E-state index contributed by atoms with van der Waals surface area (Å²) >= 11 is 0. The molecule has 0 amide bonds. The number of phenols is 1. The number of para-hydroxylation sites is 1. The SMILES string of the molecule is COc1cccc(/C=N\Nc2nc(C)cc(=O)[nH]2)c1O. The molecule has 0 aliphatic carbocycles. The first-order valence-electron chi connectivity index (χ1n) is 5.83. The van der Waals surface area contributed by atoms with Crippen LogP contribution in [0.15, 0.2) is 34.2 Å². The maximum absolute atomic E-state index is 11.2. The third-order valence-electron chi connectivity index (χ3n) is 2.49. The van der Waals surface area contributed by atoms with E-state index in [0.717, 1.165) is 0 Å². The second-order valence-corrected chi connectivity index (χ2v) is 4.00. The van der Waals surface area contributed by atoms with Crippen LogP contribution in [0.4, 0.5) is 5.95 Å². The van der Waals surface area contributed by atoms with Gasteiger partial charge in [-0.2, -0.15) is 5.10 Å². The van der Waals surface area contributed by atoms with Crippen molar-refractivity contribution < 1.29 is 9.84 Å². The predicted octanol–water partition coefficient (Wildman–Crippen LogP) is 1.24. The summed E-state index contributed by atoms with van der Waals surface area (Å²) in [4.78, 5) is 17.8. The quantitative estimate of drug-likeness (QED) is 0.575. The van der Waals surface area contributed by atoms with Crippen LogP contribution in [-0.4, -0.2) is 28.4 Å². The summed E-state index contributed by atoms with van der Waals surface area (Å²) in [7, 11) is 1.47. The number of aromatic amines is 1. The Hall–Kier alpha value is -2.83. The van der Waals surface area contributed by atoms with E-state index in [0.29, 0.717) is 17.0 Å². The van der Waals surface area contributed by atoms with E-state index in [1.807, 2.05) is 0 Å². The topological polar surface area (TPSA) is 99.6 Å². The Kier molecular flexibility index (Phi) is 3.99. The smallest absolute Gasteiger partial charge is 0.252 e. The summed E-state index contributed by atoms with van der Waals surface area (Å²) < 4.78 is 4.99. The summed E-state index contributed by atoms with van der Waals surface area (Å²) in [6, 6.07) is 6.42. The molecule has 2 aromatic rings. The molecule has 1 aromatic heterocycles. The number of hydrazone groups is 1. The van der Waals surface area contributed by atoms with Crippen LogP contribution in [0.25, 0.3) is 0 Å². The Morgan fingerprint density at radius 2 is 2.30 bits per heavy atom. The highest BCUT2D eigenvalue weighted by Gasteiger charge is 2.04. The number of hydrogen-bond acceptors (Lipinski definition) is 6. The number of hydrogen-bond donors (Lipinski definition) is 3. The summed E-state index contributed by atoms with van der Waals surface area (Å²) in [5.41, 5.74) is 3.38. The number of rotatable bonds is 4. The predicted molar refractivity (Wildman–Crippen MR) is 75.5 cm³/mol. The minimum Gasteiger partial charge on any atom is -0.504 e. The van der Waals surface area contributed by atoms with E-state index in [9.17, 15) is 9.90 Å². The summed E-state index contributed by atoms with van der Waals surface area (Å²) in [5.74, 6) is 0.580. The lowest BCUT2D eigenvalue weighted by Crippen LogP contribution is -2.10. The van der Waals surface area contributed by atoms with Crippen molar-refractivity contribution >= 4 is 12.2 Å². The Morgan fingerprint density at radius 1 is 1.50 bits per heavy atom. The fourth-order valence-corrected chi connectivity index (χ4v) is 1.60. The van der Waals surface area contributed by atoms with Crippen molar-refractivity contribution in [1.82, 2.24) is 9.97 Å². The molecule has 7 nitrogen and oxygen atoms in total. The van der Waals surface area contributed by atoms with Gasteiger partial charge >= 0.3 is 0 Å². The van der Waals surface area contributed by atoms with E-state index in [-0.39, 0.29) is 17.3 Å². The molecular weight excluding hydrogens is 260 g/mol. The van der Waals surface area contributed by atoms with Gasteiger partial charge in [0.25, 0.3) is 5.56 Å². The number of aromatic nitrogens is 2. The molecule has 20 heavy (non-hydrogen) atoms. The Balaban J connectivity index is 2.16. The molecule has 104 valence electrons. The number of ether oxygens (including phenoxy) is 1. The molecule has 0 atom stereocenters. The maximum Gasteiger partial charge on any atom is 0.252 e. The standard InChI is InChI=1S/C13H14N4O3/c1-8-6-11(18)16-13(15-8)17-14-7-9-4-3-5-10(20-2)12(9)19/h3-7,19H,1-2H3,(H2,15,16,17,18)/b14-7-. The molecule has 0 spiro atoms. The summed E-state index contributed by atoms with van der Waals surface area (Å²) in [5, 5.41) is 13.8. The number of nitrogens with zero attached hydrogens (tertiary/aromatic N) is 2. The number of aromatic hydroxyl groups is 1. The lowest BCUT2D eigenvalue weighted by atomic mass is 10.2. The molecule has 0 fully saturated rings. The number of aryl methyl sites for hydroxylation is 1. The van der Waals surface area contributed by atoms with Gasteiger partial charge in [-0.25, -0.2) is 10.4 Å². The number of methoxy groups -OCH3 is 1. The van der Waals surface area contributed by atoms with Crippen LogP contribution in [0.5, 0.6) is 11.5 Å². The van der Waals surface area contributed by atoms with Crippen LogP contribution >= 0.6 is 0 Å². The molecule has 0 bridgehead atoms. The highest BCUT2D eigenvalue weighted by atomic mass is 16.5. The van der Waals surface area contributed by atoms with Gasteiger partial charge < -0.3 is 9.84 Å². The van der Waals surface area contributed by atoms with E-state index in [2.05, 4.69) is 20.5 Å². The monoisotopic (exact) mass is 274 g/mol. The molecule has 0 aliphatic heterocycles. The van der Waals surface area contributed by atoms with Crippen molar-refractivity contribution in [1.29, 1.82) is 0 Å².